The standard InChI is InChI=1S/C17H29NO4Si/c1-16(2,3)23(4,5)22-11-8-13-12-17(9-6-7-10-17)14(19)18(13)15(20)21/h6-7,13H,8-12H2,1-5H3,(H,20,21)/t13-/m1/s1. The normalized spacial score (nSPS) is 24.0. The minimum atomic E-state index is -1.85. The van der Waals surface area contributed by atoms with E-state index in [4.69, 9.17) is 4.43 Å². The molecule has 5 nitrogen and oxygen atoms in total. The number of likely N-dealkylation sites (tertiary alicyclic amines) is 1. The molecule has 1 heterocycles. The van der Waals surface area contributed by atoms with Crippen LogP contribution >= 0.6 is 0 Å². The first kappa shape index (κ1) is 18.2. The van der Waals surface area contributed by atoms with Gasteiger partial charge >= 0.3 is 6.09 Å². The summed E-state index contributed by atoms with van der Waals surface area (Å²) < 4.78 is 6.16. The maximum Gasteiger partial charge on any atom is 0.414 e. The topological polar surface area (TPSA) is 66.8 Å². The maximum atomic E-state index is 12.6. The summed E-state index contributed by atoms with van der Waals surface area (Å²) in [5.41, 5.74) is -0.514. The summed E-state index contributed by atoms with van der Waals surface area (Å²) in [5.74, 6) is -0.229. The van der Waals surface area contributed by atoms with Crippen LogP contribution in [0.3, 0.4) is 0 Å². The number of carboxylic acid groups (broad SMARTS) is 1. The molecule has 0 aromatic heterocycles. The third-order valence-corrected chi connectivity index (χ3v) is 10.3. The second-order valence-corrected chi connectivity index (χ2v) is 13.2. The van der Waals surface area contributed by atoms with E-state index in [1.54, 1.807) is 0 Å². The number of allylic oxidation sites excluding steroid dienone is 2. The van der Waals surface area contributed by atoms with Crippen LogP contribution in [0.4, 0.5) is 4.79 Å². The molecule has 2 amide bonds. The molecule has 1 atom stereocenters. The van der Waals surface area contributed by atoms with Crippen LogP contribution < -0.4 is 0 Å². The fraction of sp³-hybridized carbons (Fsp3) is 0.765. The second kappa shape index (κ2) is 6.05. The van der Waals surface area contributed by atoms with Crippen molar-refractivity contribution in [3.05, 3.63) is 12.2 Å². The summed E-state index contributed by atoms with van der Waals surface area (Å²) in [6.45, 7) is 11.4. The number of carbonyl (C=O) groups excluding carboxylic acids is 1. The van der Waals surface area contributed by atoms with Crippen molar-refractivity contribution in [3.8, 4) is 0 Å². The van der Waals surface area contributed by atoms with E-state index in [1.165, 1.54) is 0 Å². The van der Waals surface area contributed by atoms with Gasteiger partial charge in [0.2, 0.25) is 5.91 Å². The zero-order chi connectivity index (χ0) is 17.5. The molecule has 1 fully saturated rings. The zero-order valence-electron chi connectivity index (χ0n) is 14.9. The summed E-state index contributed by atoms with van der Waals surface area (Å²) >= 11 is 0. The lowest BCUT2D eigenvalue weighted by Gasteiger charge is -2.36. The molecule has 0 aromatic rings. The van der Waals surface area contributed by atoms with E-state index < -0.39 is 19.8 Å². The number of amides is 2. The smallest absolute Gasteiger partial charge is 0.414 e. The highest BCUT2D eigenvalue weighted by Gasteiger charge is 2.53. The quantitative estimate of drug-likeness (QED) is 0.620. The molecule has 1 spiro atoms. The van der Waals surface area contributed by atoms with E-state index in [1.807, 2.05) is 12.2 Å². The van der Waals surface area contributed by atoms with Crippen LogP contribution in [0.25, 0.3) is 0 Å². The monoisotopic (exact) mass is 339 g/mol. The fourth-order valence-corrected chi connectivity index (χ4v) is 4.30. The minimum absolute atomic E-state index is 0.127. The first-order valence-electron chi connectivity index (χ1n) is 8.36. The molecule has 1 N–H and O–H groups in total. The highest BCUT2D eigenvalue weighted by molar-refractivity contribution is 6.74. The second-order valence-electron chi connectivity index (χ2n) is 8.37. The molecule has 0 bridgehead atoms. The van der Waals surface area contributed by atoms with E-state index in [0.29, 0.717) is 32.3 Å². The fourth-order valence-electron chi connectivity index (χ4n) is 3.23. The van der Waals surface area contributed by atoms with Crippen LogP contribution in [-0.4, -0.2) is 43.0 Å². The van der Waals surface area contributed by atoms with Crippen LogP contribution in [0, 0.1) is 5.41 Å². The molecule has 23 heavy (non-hydrogen) atoms. The molecular weight excluding hydrogens is 310 g/mol. The number of carbonyl (C=O) groups is 2. The molecule has 1 aliphatic heterocycles. The van der Waals surface area contributed by atoms with Crippen molar-refractivity contribution in [2.75, 3.05) is 6.61 Å². The summed E-state index contributed by atoms with van der Waals surface area (Å²) in [6, 6.07) is -0.260. The van der Waals surface area contributed by atoms with Gasteiger partial charge in [-0.05, 0) is 43.8 Å². The van der Waals surface area contributed by atoms with Crippen molar-refractivity contribution in [1.82, 2.24) is 4.90 Å². The molecule has 1 saturated heterocycles. The predicted molar refractivity (Wildman–Crippen MR) is 91.8 cm³/mol. The van der Waals surface area contributed by atoms with Crippen LogP contribution in [0.15, 0.2) is 12.2 Å². The Kier molecular flexibility index (Phi) is 4.79. The molecule has 2 aliphatic rings. The molecular formula is C17H29NO4Si. The Labute approximate surface area is 139 Å². The summed E-state index contributed by atoms with van der Waals surface area (Å²) in [5, 5.41) is 9.57. The van der Waals surface area contributed by atoms with Crippen molar-refractivity contribution in [1.29, 1.82) is 0 Å². The lowest BCUT2D eigenvalue weighted by molar-refractivity contribution is -0.134. The number of rotatable bonds is 4. The van der Waals surface area contributed by atoms with Gasteiger partial charge in [0.25, 0.3) is 0 Å². The summed E-state index contributed by atoms with van der Waals surface area (Å²) in [7, 11) is -1.85. The van der Waals surface area contributed by atoms with Crippen LogP contribution in [0.5, 0.6) is 0 Å². The van der Waals surface area contributed by atoms with Gasteiger partial charge in [0.15, 0.2) is 8.32 Å². The van der Waals surface area contributed by atoms with Gasteiger partial charge in [-0.25, -0.2) is 9.69 Å². The highest BCUT2D eigenvalue weighted by Crippen LogP contribution is 2.46. The van der Waals surface area contributed by atoms with Gasteiger partial charge in [-0.2, -0.15) is 0 Å². The van der Waals surface area contributed by atoms with Gasteiger partial charge in [-0.1, -0.05) is 32.9 Å². The molecule has 6 heteroatoms. The van der Waals surface area contributed by atoms with Gasteiger partial charge in [0, 0.05) is 12.6 Å². The van der Waals surface area contributed by atoms with E-state index in [9.17, 15) is 14.7 Å². The molecule has 2 rings (SSSR count). The molecule has 0 aromatic carbocycles. The minimum Gasteiger partial charge on any atom is -0.465 e. The van der Waals surface area contributed by atoms with Gasteiger partial charge in [0.1, 0.15) is 0 Å². The Morgan fingerprint density at radius 1 is 1.39 bits per heavy atom. The number of nitrogens with zero attached hydrogens (tertiary/aromatic N) is 1. The largest absolute Gasteiger partial charge is 0.465 e. The zero-order valence-corrected chi connectivity index (χ0v) is 15.9. The Morgan fingerprint density at radius 3 is 2.43 bits per heavy atom. The molecule has 0 unspecified atom stereocenters. The van der Waals surface area contributed by atoms with Crippen molar-refractivity contribution >= 4 is 20.3 Å². The number of hydrogen-bond donors (Lipinski definition) is 1. The third kappa shape index (κ3) is 3.38. The molecule has 0 saturated carbocycles. The number of imide groups is 1. The maximum absolute atomic E-state index is 12.6. The number of hydrogen-bond acceptors (Lipinski definition) is 3. The van der Waals surface area contributed by atoms with Crippen LogP contribution in [0.2, 0.25) is 18.1 Å². The first-order chi connectivity index (χ1) is 10.5. The SMILES string of the molecule is CC(C)(C)[Si](C)(C)OCC[C@@H]1CC2(CC=CC2)C(=O)N1C(=O)O. The predicted octanol–water partition coefficient (Wildman–Crippen LogP) is 4.01. The van der Waals surface area contributed by atoms with Crippen molar-refractivity contribution in [3.63, 3.8) is 0 Å². The van der Waals surface area contributed by atoms with E-state index in [0.717, 1.165) is 4.90 Å². The van der Waals surface area contributed by atoms with E-state index >= 15 is 0 Å². The first-order valence-corrected chi connectivity index (χ1v) is 11.3. The highest BCUT2D eigenvalue weighted by atomic mass is 28.4. The molecule has 0 radical (unpaired) electrons. The summed E-state index contributed by atoms with van der Waals surface area (Å²) in [4.78, 5) is 25.2. The van der Waals surface area contributed by atoms with E-state index in [-0.39, 0.29) is 17.0 Å². The molecule has 130 valence electrons. The van der Waals surface area contributed by atoms with Crippen LogP contribution in [-0.2, 0) is 9.22 Å². The van der Waals surface area contributed by atoms with Crippen molar-refractivity contribution in [2.45, 2.75) is 70.6 Å². The molecule has 1 aliphatic carbocycles. The Morgan fingerprint density at radius 2 is 1.96 bits per heavy atom. The Bertz CT molecular complexity index is 513. The Hall–Kier alpha value is -1.14. The van der Waals surface area contributed by atoms with Crippen molar-refractivity contribution in [2.24, 2.45) is 5.41 Å². The van der Waals surface area contributed by atoms with Gasteiger partial charge in [-0.3, -0.25) is 4.79 Å². The van der Waals surface area contributed by atoms with Crippen molar-refractivity contribution < 1.29 is 19.1 Å². The summed E-state index contributed by atoms with van der Waals surface area (Å²) in [6.07, 6.45) is 5.39. The van der Waals surface area contributed by atoms with Crippen LogP contribution in [0.1, 0.15) is 46.5 Å². The average Bonchev–Trinajstić information content (AvgIpc) is 2.95. The van der Waals surface area contributed by atoms with Gasteiger partial charge in [-0.15, -0.1) is 0 Å². The van der Waals surface area contributed by atoms with Gasteiger partial charge in [0.05, 0.1) is 5.41 Å². The Balaban J connectivity index is 2.01. The average molecular weight is 340 g/mol. The lowest BCUT2D eigenvalue weighted by atomic mass is 9.82. The van der Waals surface area contributed by atoms with E-state index in [2.05, 4.69) is 33.9 Å². The van der Waals surface area contributed by atoms with Gasteiger partial charge < -0.3 is 9.53 Å². The third-order valence-electron chi connectivity index (χ3n) is 5.77. The lowest BCUT2D eigenvalue weighted by Crippen LogP contribution is -2.43.